The molecule has 19 heavy (non-hydrogen) atoms. The molecule has 0 spiro atoms. The zero-order chi connectivity index (χ0) is 14.1. The molecule has 0 fully saturated rings. The third-order valence-electron chi connectivity index (χ3n) is 2.76. The molecule has 0 atom stereocenters. The van der Waals surface area contributed by atoms with E-state index in [2.05, 4.69) is 34.0 Å². The highest BCUT2D eigenvalue weighted by atomic mass is 16.5. The molecular weight excluding hydrogens is 240 g/mol. The van der Waals surface area contributed by atoms with E-state index in [0.717, 1.165) is 44.2 Å². The third-order valence-corrected chi connectivity index (χ3v) is 2.76. The minimum atomic E-state index is 0.646. The molecule has 0 aromatic carbocycles. The van der Waals surface area contributed by atoms with E-state index in [4.69, 9.17) is 4.74 Å². The minimum absolute atomic E-state index is 0.646. The molecule has 1 aromatic heterocycles. The summed E-state index contributed by atoms with van der Waals surface area (Å²) in [5.41, 5.74) is 0.983. The molecule has 0 saturated heterocycles. The second-order valence-electron chi connectivity index (χ2n) is 5.16. The van der Waals surface area contributed by atoms with Crippen LogP contribution in [0.1, 0.15) is 26.0 Å². The van der Waals surface area contributed by atoms with Gasteiger partial charge in [-0.3, -0.25) is 4.98 Å². The van der Waals surface area contributed by atoms with Crippen molar-refractivity contribution < 1.29 is 4.74 Å². The first-order chi connectivity index (χ1) is 9.13. The summed E-state index contributed by atoms with van der Waals surface area (Å²) in [6, 6.07) is 0. The molecule has 0 unspecified atom stereocenters. The van der Waals surface area contributed by atoms with Gasteiger partial charge in [0.15, 0.2) is 0 Å². The summed E-state index contributed by atoms with van der Waals surface area (Å²) in [5, 5.41) is 3.38. The van der Waals surface area contributed by atoms with Crippen molar-refractivity contribution in [1.29, 1.82) is 0 Å². The summed E-state index contributed by atoms with van der Waals surface area (Å²) in [7, 11) is 3.76. The summed E-state index contributed by atoms with van der Waals surface area (Å²) in [4.78, 5) is 11.0. The molecule has 0 amide bonds. The highest BCUT2D eigenvalue weighted by Crippen LogP contribution is 2.08. The lowest BCUT2D eigenvalue weighted by Gasteiger charge is -2.18. The van der Waals surface area contributed by atoms with E-state index in [1.807, 2.05) is 13.2 Å². The summed E-state index contributed by atoms with van der Waals surface area (Å²) >= 11 is 0. The zero-order valence-corrected chi connectivity index (χ0v) is 12.5. The number of nitrogens with one attached hydrogen (secondary N) is 1. The van der Waals surface area contributed by atoms with Crippen LogP contribution in [0.25, 0.3) is 0 Å². The van der Waals surface area contributed by atoms with Crippen molar-refractivity contribution in [1.82, 2.24) is 15.3 Å². The van der Waals surface area contributed by atoms with Gasteiger partial charge in [0.05, 0.1) is 11.9 Å². The maximum Gasteiger partial charge on any atom is 0.147 e. The van der Waals surface area contributed by atoms with Crippen molar-refractivity contribution in [2.75, 3.05) is 38.8 Å². The van der Waals surface area contributed by atoms with Crippen molar-refractivity contribution in [3.63, 3.8) is 0 Å². The number of hydrogen-bond acceptors (Lipinski definition) is 5. The molecule has 1 heterocycles. The van der Waals surface area contributed by atoms with Crippen LogP contribution in [0.4, 0.5) is 5.82 Å². The van der Waals surface area contributed by atoms with E-state index in [9.17, 15) is 0 Å². The van der Waals surface area contributed by atoms with E-state index in [-0.39, 0.29) is 0 Å². The quantitative estimate of drug-likeness (QED) is 0.689. The van der Waals surface area contributed by atoms with Crippen LogP contribution in [0.5, 0.6) is 0 Å². The van der Waals surface area contributed by atoms with Crippen molar-refractivity contribution in [3.8, 4) is 0 Å². The molecule has 1 rings (SSSR count). The minimum Gasteiger partial charge on any atom is -0.385 e. The van der Waals surface area contributed by atoms with E-state index in [1.165, 1.54) is 0 Å². The fourth-order valence-electron chi connectivity index (χ4n) is 1.71. The fraction of sp³-hybridized carbons (Fsp3) is 0.714. The predicted octanol–water partition coefficient (Wildman–Crippen LogP) is 1.69. The second kappa shape index (κ2) is 8.82. The first kappa shape index (κ1) is 15.9. The fourth-order valence-corrected chi connectivity index (χ4v) is 1.71. The number of rotatable bonds is 9. The zero-order valence-electron chi connectivity index (χ0n) is 12.5. The number of nitrogens with zero attached hydrogens (tertiary/aromatic N) is 3. The number of hydrogen-bond donors (Lipinski definition) is 1. The molecule has 0 saturated carbocycles. The molecule has 0 aliphatic carbocycles. The molecule has 0 aliphatic rings. The van der Waals surface area contributed by atoms with Gasteiger partial charge < -0.3 is 15.0 Å². The van der Waals surface area contributed by atoms with E-state index < -0.39 is 0 Å². The summed E-state index contributed by atoms with van der Waals surface area (Å²) in [6.07, 6.45) is 4.61. The molecule has 5 nitrogen and oxygen atoms in total. The molecular formula is C14H26N4O. The van der Waals surface area contributed by atoms with Crippen LogP contribution in [0.2, 0.25) is 0 Å². The average molecular weight is 266 g/mol. The summed E-state index contributed by atoms with van der Waals surface area (Å²) < 4.78 is 5.05. The molecule has 108 valence electrons. The predicted molar refractivity (Wildman–Crippen MR) is 78.3 cm³/mol. The van der Waals surface area contributed by atoms with Crippen LogP contribution < -0.4 is 10.2 Å². The Morgan fingerprint density at radius 3 is 2.84 bits per heavy atom. The Morgan fingerprint density at radius 2 is 2.16 bits per heavy atom. The normalized spacial score (nSPS) is 11.0. The molecule has 5 heteroatoms. The van der Waals surface area contributed by atoms with E-state index >= 15 is 0 Å². The second-order valence-corrected chi connectivity index (χ2v) is 5.16. The first-order valence-corrected chi connectivity index (χ1v) is 6.85. The Morgan fingerprint density at radius 1 is 1.37 bits per heavy atom. The Labute approximate surface area is 116 Å². The molecule has 0 bridgehead atoms. The molecule has 0 aliphatic heterocycles. The summed E-state index contributed by atoms with van der Waals surface area (Å²) in [6.45, 7) is 7.84. The first-order valence-electron chi connectivity index (χ1n) is 6.85. The maximum absolute atomic E-state index is 5.05. The van der Waals surface area contributed by atoms with Crippen LogP contribution in [0.3, 0.4) is 0 Å². The van der Waals surface area contributed by atoms with Gasteiger partial charge in [0.2, 0.25) is 0 Å². The number of aromatic nitrogens is 2. The van der Waals surface area contributed by atoms with Crippen molar-refractivity contribution in [3.05, 3.63) is 18.1 Å². The van der Waals surface area contributed by atoms with Gasteiger partial charge in [0, 0.05) is 40.1 Å². The van der Waals surface area contributed by atoms with Crippen molar-refractivity contribution in [2.45, 2.75) is 26.8 Å². The van der Waals surface area contributed by atoms with Crippen molar-refractivity contribution in [2.24, 2.45) is 5.92 Å². The molecule has 1 N–H and O–H groups in total. The van der Waals surface area contributed by atoms with E-state index in [0.29, 0.717) is 5.92 Å². The largest absolute Gasteiger partial charge is 0.385 e. The summed E-state index contributed by atoms with van der Waals surface area (Å²) in [5.74, 6) is 1.56. The SMILES string of the molecule is COCCCN(C)c1cncc(CNCC(C)C)n1. The standard InChI is InChI=1S/C14H26N4O/c1-12(2)8-15-9-13-10-16-11-14(17-13)18(3)6-5-7-19-4/h10-12,15H,5-9H2,1-4H3. The Bertz CT molecular complexity index is 357. The monoisotopic (exact) mass is 266 g/mol. The number of ether oxygens (including phenoxy) is 1. The van der Waals surface area contributed by atoms with Crippen LogP contribution in [0, 0.1) is 5.92 Å². The molecule has 1 aromatic rings. The Kier molecular flexibility index (Phi) is 7.36. The molecule has 0 radical (unpaired) electrons. The van der Waals surface area contributed by atoms with Crippen molar-refractivity contribution >= 4 is 5.82 Å². The van der Waals surface area contributed by atoms with Gasteiger partial charge in [-0.25, -0.2) is 4.98 Å². The van der Waals surface area contributed by atoms with Crippen LogP contribution in [0.15, 0.2) is 12.4 Å². The van der Waals surface area contributed by atoms with Gasteiger partial charge in [0.25, 0.3) is 0 Å². The lowest BCUT2D eigenvalue weighted by molar-refractivity contribution is 0.196. The van der Waals surface area contributed by atoms with Gasteiger partial charge in [0.1, 0.15) is 5.82 Å². The highest BCUT2D eigenvalue weighted by Gasteiger charge is 2.04. The van der Waals surface area contributed by atoms with Crippen LogP contribution >= 0.6 is 0 Å². The highest BCUT2D eigenvalue weighted by molar-refractivity contribution is 5.34. The lowest BCUT2D eigenvalue weighted by Crippen LogP contribution is -2.23. The van der Waals surface area contributed by atoms with Gasteiger partial charge in [-0.15, -0.1) is 0 Å². The van der Waals surface area contributed by atoms with Crippen LogP contribution in [-0.4, -0.2) is 43.8 Å². The third kappa shape index (κ3) is 6.50. The van der Waals surface area contributed by atoms with Gasteiger partial charge in [-0.1, -0.05) is 13.8 Å². The lowest BCUT2D eigenvalue weighted by atomic mass is 10.2. The van der Waals surface area contributed by atoms with Gasteiger partial charge in [-0.2, -0.15) is 0 Å². The Hall–Kier alpha value is -1.20. The van der Waals surface area contributed by atoms with Gasteiger partial charge >= 0.3 is 0 Å². The van der Waals surface area contributed by atoms with Crippen LogP contribution in [-0.2, 0) is 11.3 Å². The smallest absolute Gasteiger partial charge is 0.147 e. The Balaban J connectivity index is 2.46. The topological polar surface area (TPSA) is 50.3 Å². The number of methoxy groups -OCH3 is 1. The number of anilines is 1. The maximum atomic E-state index is 5.05. The van der Waals surface area contributed by atoms with Gasteiger partial charge in [-0.05, 0) is 18.9 Å². The van der Waals surface area contributed by atoms with E-state index in [1.54, 1.807) is 13.3 Å². The average Bonchev–Trinajstić information content (AvgIpc) is 2.39.